The van der Waals surface area contributed by atoms with E-state index in [1.165, 1.54) is 0 Å². The van der Waals surface area contributed by atoms with Gasteiger partial charge in [-0.05, 0) is 0 Å². The number of hydrogen-bond donors (Lipinski definition) is 0. The zero-order valence-electron chi connectivity index (χ0n) is 9.40. The van der Waals surface area contributed by atoms with Crippen LogP contribution in [0.2, 0.25) is 0 Å². The summed E-state index contributed by atoms with van der Waals surface area (Å²) >= 11 is 3.39. The predicted molar refractivity (Wildman–Crippen MR) is 65.1 cm³/mol. The van der Waals surface area contributed by atoms with E-state index in [0.29, 0.717) is 39.1 Å². The molecule has 94 valence electrons. The number of halogens is 1. The Hall–Kier alpha value is 0.0600. The van der Waals surface area contributed by atoms with E-state index < -0.39 is 0 Å². The third-order valence-corrected chi connectivity index (χ3v) is 2.73. The van der Waals surface area contributed by atoms with Crippen LogP contribution < -0.4 is 0 Å². The molecule has 0 N–H and O–H groups in total. The standard InChI is InChI=1S/C11H19BrO4/c1-2-3-13-4-5-14-7-10(6-12)15-8-11-9-16-11/h2,10-11H,1,3-9H2. The number of epoxide rings is 1. The van der Waals surface area contributed by atoms with Gasteiger partial charge in [-0.3, -0.25) is 0 Å². The second-order valence-corrected chi connectivity index (χ2v) is 4.15. The van der Waals surface area contributed by atoms with Crippen LogP contribution in [-0.4, -0.2) is 57.2 Å². The summed E-state index contributed by atoms with van der Waals surface area (Å²) in [5.41, 5.74) is 0. The van der Waals surface area contributed by atoms with Crippen molar-refractivity contribution in [2.45, 2.75) is 12.2 Å². The number of rotatable bonds is 11. The van der Waals surface area contributed by atoms with E-state index in [1.807, 2.05) is 0 Å². The van der Waals surface area contributed by atoms with E-state index in [-0.39, 0.29) is 6.10 Å². The van der Waals surface area contributed by atoms with Crippen LogP contribution in [0.4, 0.5) is 0 Å². The van der Waals surface area contributed by atoms with Crippen LogP contribution in [-0.2, 0) is 18.9 Å². The van der Waals surface area contributed by atoms with Crippen molar-refractivity contribution in [1.82, 2.24) is 0 Å². The van der Waals surface area contributed by atoms with Crippen molar-refractivity contribution >= 4 is 15.9 Å². The molecular formula is C11H19BrO4. The summed E-state index contributed by atoms with van der Waals surface area (Å²) in [6, 6.07) is 0. The van der Waals surface area contributed by atoms with Gasteiger partial charge in [-0.1, -0.05) is 22.0 Å². The lowest BCUT2D eigenvalue weighted by atomic mass is 10.4. The maximum atomic E-state index is 5.59. The van der Waals surface area contributed by atoms with Gasteiger partial charge < -0.3 is 18.9 Å². The van der Waals surface area contributed by atoms with Gasteiger partial charge in [0.25, 0.3) is 0 Å². The fraction of sp³-hybridized carbons (Fsp3) is 0.818. The Morgan fingerprint density at radius 3 is 2.81 bits per heavy atom. The van der Waals surface area contributed by atoms with E-state index in [2.05, 4.69) is 22.5 Å². The van der Waals surface area contributed by atoms with Crippen molar-refractivity contribution in [2.75, 3.05) is 45.0 Å². The molecular weight excluding hydrogens is 276 g/mol. The van der Waals surface area contributed by atoms with Crippen LogP contribution in [0.15, 0.2) is 12.7 Å². The summed E-state index contributed by atoms with van der Waals surface area (Å²) in [5.74, 6) is 0. The molecule has 0 aromatic carbocycles. The lowest BCUT2D eigenvalue weighted by Gasteiger charge is -2.14. The van der Waals surface area contributed by atoms with Gasteiger partial charge in [0.1, 0.15) is 6.10 Å². The molecule has 2 atom stereocenters. The van der Waals surface area contributed by atoms with Crippen LogP contribution in [0.1, 0.15) is 0 Å². The van der Waals surface area contributed by atoms with Crippen LogP contribution >= 0.6 is 15.9 Å². The predicted octanol–water partition coefficient (Wildman–Crippen LogP) is 1.38. The maximum Gasteiger partial charge on any atom is 0.104 e. The third kappa shape index (κ3) is 7.35. The molecule has 1 rings (SSSR count). The SMILES string of the molecule is C=CCOCCOCC(CBr)OCC1CO1. The molecule has 0 bridgehead atoms. The third-order valence-electron chi connectivity index (χ3n) is 2.00. The van der Waals surface area contributed by atoms with Crippen molar-refractivity contribution in [2.24, 2.45) is 0 Å². The van der Waals surface area contributed by atoms with Gasteiger partial charge >= 0.3 is 0 Å². The van der Waals surface area contributed by atoms with Gasteiger partial charge in [-0.2, -0.15) is 0 Å². The Morgan fingerprint density at radius 1 is 1.44 bits per heavy atom. The van der Waals surface area contributed by atoms with Crippen molar-refractivity contribution in [3.05, 3.63) is 12.7 Å². The Kier molecular flexibility index (Phi) is 8.06. The van der Waals surface area contributed by atoms with E-state index in [4.69, 9.17) is 18.9 Å². The summed E-state index contributed by atoms with van der Waals surface area (Å²) in [4.78, 5) is 0. The maximum absolute atomic E-state index is 5.59. The molecule has 1 aliphatic heterocycles. The number of hydrogen-bond acceptors (Lipinski definition) is 4. The van der Waals surface area contributed by atoms with Crippen molar-refractivity contribution in [3.63, 3.8) is 0 Å². The largest absolute Gasteiger partial charge is 0.376 e. The molecule has 0 spiro atoms. The van der Waals surface area contributed by atoms with Crippen molar-refractivity contribution in [1.29, 1.82) is 0 Å². The van der Waals surface area contributed by atoms with E-state index in [1.54, 1.807) is 6.08 Å². The number of ether oxygens (including phenoxy) is 4. The topological polar surface area (TPSA) is 40.2 Å². The minimum absolute atomic E-state index is 0.0867. The summed E-state index contributed by atoms with van der Waals surface area (Å²) in [6.45, 7) is 7.37. The smallest absolute Gasteiger partial charge is 0.104 e. The first-order valence-electron chi connectivity index (χ1n) is 5.42. The van der Waals surface area contributed by atoms with E-state index in [0.717, 1.165) is 11.9 Å². The monoisotopic (exact) mass is 294 g/mol. The lowest BCUT2D eigenvalue weighted by Crippen LogP contribution is -2.24. The highest BCUT2D eigenvalue weighted by molar-refractivity contribution is 9.09. The normalized spacial score (nSPS) is 20.7. The molecule has 1 saturated heterocycles. The molecule has 0 radical (unpaired) electrons. The van der Waals surface area contributed by atoms with Gasteiger partial charge in [0.15, 0.2) is 0 Å². The molecule has 0 aromatic heterocycles. The first-order chi connectivity index (χ1) is 7.86. The molecule has 0 aromatic rings. The second-order valence-electron chi connectivity index (χ2n) is 3.50. The number of alkyl halides is 1. The average molecular weight is 295 g/mol. The molecule has 16 heavy (non-hydrogen) atoms. The van der Waals surface area contributed by atoms with E-state index in [9.17, 15) is 0 Å². The summed E-state index contributed by atoms with van der Waals surface area (Å²) in [5, 5.41) is 0.771. The lowest BCUT2D eigenvalue weighted by molar-refractivity contribution is -0.0222. The Balaban J connectivity index is 1.88. The van der Waals surface area contributed by atoms with Gasteiger partial charge in [0, 0.05) is 5.33 Å². The molecule has 0 amide bonds. The molecule has 5 heteroatoms. The van der Waals surface area contributed by atoms with Crippen LogP contribution in [0.5, 0.6) is 0 Å². The van der Waals surface area contributed by atoms with E-state index >= 15 is 0 Å². The zero-order valence-corrected chi connectivity index (χ0v) is 11.0. The van der Waals surface area contributed by atoms with Crippen LogP contribution in [0, 0.1) is 0 Å². The van der Waals surface area contributed by atoms with Gasteiger partial charge in [-0.15, -0.1) is 6.58 Å². The van der Waals surface area contributed by atoms with Gasteiger partial charge in [-0.25, -0.2) is 0 Å². The first-order valence-corrected chi connectivity index (χ1v) is 6.54. The van der Waals surface area contributed by atoms with Crippen LogP contribution in [0.25, 0.3) is 0 Å². The zero-order chi connectivity index (χ0) is 11.6. The molecule has 0 saturated carbocycles. The molecule has 4 nitrogen and oxygen atoms in total. The average Bonchev–Trinajstić information content (AvgIpc) is 3.11. The quantitative estimate of drug-likeness (QED) is 0.250. The Morgan fingerprint density at radius 2 is 2.19 bits per heavy atom. The molecule has 0 aliphatic carbocycles. The minimum Gasteiger partial charge on any atom is -0.376 e. The Labute approximate surface area is 105 Å². The minimum atomic E-state index is 0.0867. The highest BCUT2D eigenvalue weighted by Crippen LogP contribution is 2.10. The van der Waals surface area contributed by atoms with Crippen molar-refractivity contribution in [3.8, 4) is 0 Å². The molecule has 1 aliphatic rings. The highest BCUT2D eigenvalue weighted by atomic mass is 79.9. The fourth-order valence-corrected chi connectivity index (χ4v) is 1.42. The summed E-state index contributed by atoms with van der Waals surface area (Å²) < 4.78 is 21.3. The van der Waals surface area contributed by atoms with Crippen LogP contribution in [0.3, 0.4) is 0 Å². The molecule has 2 unspecified atom stereocenters. The summed E-state index contributed by atoms with van der Waals surface area (Å²) in [6.07, 6.45) is 2.11. The van der Waals surface area contributed by atoms with Gasteiger partial charge in [0.2, 0.25) is 0 Å². The molecule has 1 heterocycles. The first kappa shape index (κ1) is 14.1. The second kappa shape index (κ2) is 9.13. The van der Waals surface area contributed by atoms with Crippen molar-refractivity contribution < 1.29 is 18.9 Å². The van der Waals surface area contributed by atoms with Gasteiger partial charge in [0.05, 0.1) is 45.7 Å². The Bertz CT molecular complexity index is 185. The fourth-order valence-electron chi connectivity index (χ4n) is 1.04. The summed E-state index contributed by atoms with van der Waals surface area (Å²) in [7, 11) is 0. The highest BCUT2D eigenvalue weighted by Gasteiger charge is 2.24. The molecule has 1 fully saturated rings.